The molecular weight excluding hydrogens is 863 g/mol. The molecule has 6 nitrogen and oxygen atoms in total. The van der Waals surface area contributed by atoms with Crippen LogP contribution in [0.3, 0.4) is 0 Å². The second-order valence-electron chi connectivity index (χ2n) is 22.1. The average Bonchev–Trinajstić information content (AvgIpc) is 3.36. The fourth-order valence-electron chi connectivity index (χ4n) is 10.2. The number of unbranched alkanes of at least 4 members (excludes halogenated alkanes) is 47. The van der Waals surface area contributed by atoms with Gasteiger partial charge in [-0.25, -0.2) is 0 Å². The van der Waals surface area contributed by atoms with Crippen LogP contribution in [0.2, 0.25) is 0 Å². The summed E-state index contributed by atoms with van der Waals surface area (Å²) in [5.41, 5.74) is 0. The first-order chi connectivity index (χ1) is 34.5. The van der Waals surface area contributed by atoms with Crippen LogP contribution in [0, 0.1) is 0 Å². The van der Waals surface area contributed by atoms with Gasteiger partial charge in [0.2, 0.25) is 5.91 Å². The molecule has 0 radical (unpaired) electrons. The van der Waals surface area contributed by atoms with Gasteiger partial charge >= 0.3 is 5.97 Å². The molecule has 2 unspecified atom stereocenters. The van der Waals surface area contributed by atoms with E-state index in [1.54, 1.807) is 0 Å². The second kappa shape index (κ2) is 60.2. The van der Waals surface area contributed by atoms with Crippen LogP contribution in [0.1, 0.15) is 361 Å². The molecular formula is C64H125NO5. The zero-order chi connectivity index (χ0) is 50.7. The third-order valence-corrected chi connectivity index (χ3v) is 15.1. The quantitative estimate of drug-likeness (QED) is 0.0321. The number of carbonyl (C=O) groups excluding carboxylic acids is 2. The lowest BCUT2D eigenvalue weighted by Gasteiger charge is -2.22. The summed E-state index contributed by atoms with van der Waals surface area (Å²) in [7, 11) is 0. The number of allylic oxidation sites excluding steroid dienone is 2. The van der Waals surface area contributed by atoms with Crippen molar-refractivity contribution in [3.05, 3.63) is 12.2 Å². The zero-order valence-electron chi connectivity index (χ0n) is 47.5. The monoisotopic (exact) mass is 988 g/mol. The third kappa shape index (κ3) is 55.9. The van der Waals surface area contributed by atoms with E-state index in [1.807, 2.05) is 0 Å². The molecule has 3 N–H and O–H groups in total. The maximum Gasteiger partial charge on any atom is 0.305 e. The number of amides is 1. The molecule has 0 rings (SSSR count). The van der Waals surface area contributed by atoms with Crippen LogP contribution in [-0.4, -0.2) is 47.4 Å². The van der Waals surface area contributed by atoms with E-state index in [4.69, 9.17) is 4.74 Å². The molecule has 1 amide bonds. The lowest BCUT2D eigenvalue weighted by atomic mass is 10.0. The Labute approximate surface area is 438 Å². The van der Waals surface area contributed by atoms with E-state index in [0.717, 1.165) is 38.5 Å². The number of esters is 1. The third-order valence-electron chi connectivity index (χ3n) is 15.1. The van der Waals surface area contributed by atoms with E-state index in [0.29, 0.717) is 25.9 Å². The number of nitrogens with one attached hydrogen (secondary N) is 1. The van der Waals surface area contributed by atoms with Crippen molar-refractivity contribution in [2.75, 3.05) is 13.2 Å². The normalized spacial score (nSPS) is 12.6. The highest BCUT2D eigenvalue weighted by Crippen LogP contribution is 2.18. The Kier molecular flexibility index (Phi) is 59.0. The van der Waals surface area contributed by atoms with E-state index < -0.39 is 12.1 Å². The molecule has 0 bridgehead atoms. The first-order valence-electron chi connectivity index (χ1n) is 31.9. The smallest absolute Gasteiger partial charge is 0.305 e. The van der Waals surface area contributed by atoms with E-state index in [9.17, 15) is 19.8 Å². The molecule has 2 atom stereocenters. The van der Waals surface area contributed by atoms with Gasteiger partial charge in [-0.3, -0.25) is 9.59 Å². The van der Waals surface area contributed by atoms with Crippen LogP contribution >= 0.6 is 0 Å². The summed E-state index contributed by atoms with van der Waals surface area (Å²) in [5.74, 6) is -0.0235. The second-order valence-corrected chi connectivity index (χ2v) is 22.1. The standard InChI is InChI=1S/C64H125NO5/c1-3-5-7-9-11-13-15-17-28-32-36-40-44-48-52-56-62(67)61(60-66)65-63(68)57-53-49-45-41-37-33-30-26-24-22-20-19-21-23-25-27-31-35-39-43-47-51-55-59-70-64(69)58-54-50-46-42-38-34-29-18-16-14-12-10-8-6-4-2/h22,24,61-62,66-67H,3-21,23,25-60H2,1-2H3,(H,65,68)/b24-22-. The summed E-state index contributed by atoms with van der Waals surface area (Å²) in [6.07, 6.45) is 72.3. The van der Waals surface area contributed by atoms with Gasteiger partial charge in [0.25, 0.3) is 0 Å². The summed E-state index contributed by atoms with van der Waals surface area (Å²) in [6, 6.07) is -0.545. The van der Waals surface area contributed by atoms with Crippen LogP contribution < -0.4 is 5.32 Å². The fraction of sp³-hybridized carbons (Fsp3) is 0.938. The van der Waals surface area contributed by atoms with Gasteiger partial charge in [0, 0.05) is 12.8 Å². The molecule has 0 saturated carbocycles. The Morgan fingerprint density at radius 1 is 0.386 bits per heavy atom. The van der Waals surface area contributed by atoms with E-state index in [2.05, 4.69) is 31.3 Å². The number of aliphatic hydroxyl groups is 2. The predicted octanol–water partition coefficient (Wildman–Crippen LogP) is 20.0. The maximum atomic E-state index is 12.5. The van der Waals surface area contributed by atoms with E-state index >= 15 is 0 Å². The van der Waals surface area contributed by atoms with Gasteiger partial charge in [-0.1, -0.05) is 309 Å². The van der Waals surface area contributed by atoms with E-state index in [1.165, 1.54) is 289 Å². The molecule has 416 valence electrons. The summed E-state index contributed by atoms with van der Waals surface area (Å²) in [6.45, 7) is 4.98. The molecule has 0 aliphatic carbocycles. The summed E-state index contributed by atoms with van der Waals surface area (Å²) < 4.78 is 5.49. The molecule has 70 heavy (non-hydrogen) atoms. The minimum atomic E-state index is -0.667. The molecule has 0 aromatic heterocycles. The van der Waals surface area contributed by atoms with Gasteiger partial charge in [-0.05, 0) is 51.4 Å². The molecule has 0 aromatic rings. The summed E-state index contributed by atoms with van der Waals surface area (Å²) >= 11 is 0. The van der Waals surface area contributed by atoms with Crippen LogP contribution in [-0.2, 0) is 14.3 Å². The number of hydrogen-bond acceptors (Lipinski definition) is 5. The van der Waals surface area contributed by atoms with Crippen molar-refractivity contribution >= 4 is 11.9 Å². The zero-order valence-corrected chi connectivity index (χ0v) is 47.5. The summed E-state index contributed by atoms with van der Waals surface area (Å²) in [5, 5.41) is 23.3. The van der Waals surface area contributed by atoms with Crippen LogP contribution in [0.15, 0.2) is 12.2 Å². The number of rotatable bonds is 60. The lowest BCUT2D eigenvalue weighted by molar-refractivity contribution is -0.143. The first-order valence-corrected chi connectivity index (χ1v) is 31.9. The van der Waals surface area contributed by atoms with Gasteiger partial charge in [0.15, 0.2) is 0 Å². The van der Waals surface area contributed by atoms with Crippen molar-refractivity contribution in [1.82, 2.24) is 5.32 Å². The Balaban J connectivity index is 3.39. The molecule has 6 heteroatoms. The highest BCUT2D eigenvalue weighted by Gasteiger charge is 2.20. The minimum absolute atomic E-state index is 0.0152. The topological polar surface area (TPSA) is 95.9 Å². The van der Waals surface area contributed by atoms with Gasteiger partial charge in [-0.2, -0.15) is 0 Å². The number of aliphatic hydroxyl groups excluding tert-OH is 2. The maximum absolute atomic E-state index is 12.5. The van der Waals surface area contributed by atoms with Crippen LogP contribution in [0.25, 0.3) is 0 Å². The number of carbonyl (C=O) groups is 2. The van der Waals surface area contributed by atoms with Crippen molar-refractivity contribution < 1.29 is 24.5 Å². The van der Waals surface area contributed by atoms with Crippen molar-refractivity contribution in [1.29, 1.82) is 0 Å². The molecule has 0 saturated heterocycles. The van der Waals surface area contributed by atoms with Crippen molar-refractivity contribution in [3.8, 4) is 0 Å². The largest absolute Gasteiger partial charge is 0.466 e. The Morgan fingerprint density at radius 3 is 1.01 bits per heavy atom. The number of hydrogen-bond donors (Lipinski definition) is 3. The molecule has 0 spiro atoms. The number of ether oxygens (including phenoxy) is 1. The fourth-order valence-corrected chi connectivity index (χ4v) is 10.2. The lowest BCUT2D eigenvalue weighted by Crippen LogP contribution is -2.45. The van der Waals surface area contributed by atoms with Gasteiger partial charge in [0.1, 0.15) is 0 Å². The predicted molar refractivity (Wildman–Crippen MR) is 306 cm³/mol. The highest BCUT2D eigenvalue weighted by atomic mass is 16.5. The molecule has 0 aliphatic heterocycles. The highest BCUT2D eigenvalue weighted by molar-refractivity contribution is 5.76. The first kappa shape index (κ1) is 68.6. The minimum Gasteiger partial charge on any atom is -0.466 e. The summed E-state index contributed by atoms with van der Waals surface area (Å²) in [4.78, 5) is 24.6. The molecule has 0 heterocycles. The van der Waals surface area contributed by atoms with Crippen LogP contribution in [0.4, 0.5) is 0 Å². The van der Waals surface area contributed by atoms with Gasteiger partial charge in [-0.15, -0.1) is 0 Å². The average molecular weight is 989 g/mol. The SMILES string of the molecule is CCCCCCCCCCCCCCCCCC(=O)OCCCCCCCCCCCCCC/C=C\CCCCCCCCCC(=O)NC(CO)C(O)CCCCCCCCCCCCCCCCC. The molecule has 0 aromatic carbocycles. The van der Waals surface area contributed by atoms with Crippen molar-refractivity contribution in [2.45, 2.75) is 373 Å². The van der Waals surface area contributed by atoms with Gasteiger partial charge in [0.05, 0.1) is 25.4 Å². The Bertz CT molecular complexity index is 1050. The Morgan fingerprint density at radius 2 is 0.671 bits per heavy atom. The van der Waals surface area contributed by atoms with Crippen molar-refractivity contribution in [3.63, 3.8) is 0 Å². The molecule has 0 aliphatic rings. The van der Waals surface area contributed by atoms with Crippen LogP contribution in [0.5, 0.6) is 0 Å². The van der Waals surface area contributed by atoms with Crippen molar-refractivity contribution in [2.24, 2.45) is 0 Å². The molecule has 0 fully saturated rings. The van der Waals surface area contributed by atoms with E-state index in [-0.39, 0.29) is 18.5 Å². The van der Waals surface area contributed by atoms with Gasteiger partial charge < -0.3 is 20.3 Å². The Hall–Kier alpha value is -1.40.